The molecule has 4 saturated carbocycles. The third-order valence-electron chi connectivity index (χ3n) is 9.05. The summed E-state index contributed by atoms with van der Waals surface area (Å²) in [6.45, 7) is 3.73. The lowest BCUT2D eigenvalue weighted by Crippen LogP contribution is -2.51. The molecule has 4 bridgehead atoms. The minimum atomic E-state index is -0.172. The number of aromatic nitrogens is 2. The van der Waals surface area contributed by atoms with Crippen molar-refractivity contribution >= 4 is 34.0 Å². The molecule has 4 fully saturated rings. The molecule has 9 heteroatoms. The Kier molecular flexibility index (Phi) is 7.99. The summed E-state index contributed by atoms with van der Waals surface area (Å²) in [7, 11) is 3.27. The van der Waals surface area contributed by atoms with Gasteiger partial charge in [0.15, 0.2) is 11.5 Å². The molecule has 0 atom stereocenters. The lowest BCUT2D eigenvalue weighted by atomic mass is 9.49. The fourth-order valence-electron chi connectivity index (χ4n) is 7.52. The van der Waals surface area contributed by atoms with Gasteiger partial charge in [-0.3, -0.25) is 4.79 Å². The van der Waals surface area contributed by atoms with Crippen molar-refractivity contribution in [2.45, 2.75) is 45.4 Å². The number of carbonyl (C=O) groups is 1. The van der Waals surface area contributed by atoms with Gasteiger partial charge in [-0.2, -0.15) is 0 Å². The number of rotatable bonds is 12. The highest BCUT2D eigenvalue weighted by atomic mass is 16.5. The number of nitrogens with zero attached hydrogens (tertiary/aromatic N) is 2. The number of anilines is 3. The summed E-state index contributed by atoms with van der Waals surface area (Å²) in [4.78, 5) is 22.6. The number of hydrogen-bond donors (Lipinski definition) is 2. The first-order chi connectivity index (χ1) is 20.0. The Balaban J connectivity index is 1.20. The summed E-state index contributed by atoms with van der Waals surface area (Å²) in [6.07, 6.45) is 8.68. The van der Waals surface area contributed by atoms with Crippen molar-refractivity contribution in [3.63, 3.8) is 0 Å². The van der Waals surface area contributed by atoms with E-state index in [2.05, 4.69) is 20.6 Å². The molecule has 0 aliphatic heterocycles. The van der Waals surface area contributed by atoms with Gasteiger partial charge in [0.1, 0.15) is 25.4 Å². The molecule has 9 nitrogen and oxygen atoms in total. The number of carbonyl (C=O) groups excluding carboxylic acids is 1. The van der Waals surface area contributed by atoms with Crippen LogP contribution >= 0.6 is 0 Å². The van der Waals surface area contributed by atoms with Gasteiger partial charge < -0.3 is 29.6 Å². The van der Waals surface area contributed by atoms with Crippen LogP contribution in [0.15, 0.2) is 36.7 Å². The molecule has 0 spiro atoms. The van der Waals surface area contributed by atoms with E-state index in [0.717, 1.165) is 64.9 Å². The van der Waals surface area contributed by atoms with Gasteiger partial charge in [-0.25, -0.2) is 9.97 Å². The van der Waals surface area contributed by atoms with E-state index in [1.165, 1.54) is 25.6 Å². The molecule has 4 aliphatic rings. The largest absolute Gasteiger partial charge is 0.487 e. The van der Waals surface area contributed by atoms with Crippen molar-refractivity contribution in [1.82, 2.24) is 9.97 Å². The average Bonchev–Trinajstić information content (AvgIpc) is 2.94. The maximum absolute atomic E-state index is 13.6. The van der Waals surface area contributed by atoms with Crippen LogP contribution in [0.4, 0.5) is 17.2 Å². The van der Waals surface area contributed by atoms with Gasteiger partial charge >= 0.3 is 0 Å². The molecule has 0 saturated heterocycles. The molecule has 3 aromatic rings. The predicted molar refractivity (Wildman–Crippen MR) is 158 cm³/mol. The summed E-state index contributed by atoms with van der Waals surface area (Å²) in [5.41, 5.74) is 3.31. The van der Waals surface area contributed by atoms with Crippen LogP contribution in [0.25, 0.3) is 10.9 Å². The van der Waals surface area contributed by atoms with E-state index < -0.39 is 0 Å². The Morgan fingerprint density at radius 3 is 2.12 bits per heavy atom. The Labute approximate surface area is 241 Å². The Bertz CT molecular complexity index is 1380. The van der Waals surface area contributed by atoms with Crippen LogP contribution < -0.4 is 20.1 Å². The van der Waals surface area contributed by atoms with Crippen molar-refractivity contribution < 1.29 is 23.7 Å². The van der Waals surface area contributed by atoms with Crippen LogP contribution in [0.1, 0.15) is 44.1 Å². The van der Waals surface area contributed by atoms with Crippen LogP contribution in [0.5, 0.6) is 11.5 Å². The number of ether oxygens (including phenoxy) is 4. The minimum absolute atomic E-state index is 0.172. The number of methoxy groups -OCH3 is 2. The van der Waals surface area contributed by atoms with E-state index in [-0.39, 0.29) is 11.3 Å². The van der Waals surface area contributed by atoms with Crippen molar-refractivity contribution in [2.75, 3.05) is 51.3 Å². The fourth-order valence-corrected chi connectivity index (χ4v) is 7.52. The first-order valence-electron chi connectivity index (χ1n) is 14.7. The molecule has 7 rings (SSSR count). The standard InChI is InChI=1S/C32H40N4O5/c1-20-10-24(35-31(37)32-16-21-11-22(17-32)13-23(12-21)18-32)4-5-26(20)36-30-25-14-28(40-8-6-38-2)29(41-9-7-39-3)15-27(25)33-19-34-30/h4-5,10,14-15,19,21-23H,6-9,11-13,16-18H2,1-3H3,(H,35,37)(H,33,34,36). The number of benzene rings is 2. The zero-order valence-electron chi connectivity index (χ0n) is 24.2. The molecule has 2 N–H and O–H groups in total. The molecule has 1 heterocycles. The third kappa shape index (κ3) is 5.83. The van der Waals surface area contributed by atoms with Gasteiger partial charge in [0.25, 0.3) is 0 Å². The smallest absolute Gasteiger partial charge is 0.230 e. The average molecular weight is 561 g/mol. The normalized spacial score (nSPS) is 24.4. The summed E-state index contributed by atoms with van der Waals surface area (Å²) in [5.74, 6) is 4.26. The van der Waals surface area contributed by atoms with Gasteiger partial charge in [-0.1, -0.05) is 0 Å². The zero-order valence-corrected chi connectivity index (χ0v) is 24.2. The van der Waals surface area contributed by atoms with E-state index in [9.17, 15) is 4.79 Å². The minimum Gasteiger partial charge on any atom is -0.487 e. The lowest BCUT2D eigenvalue weighted by Gasteiger charge is -2.55. The van der Waals surface area contributed by atoms with Crippen LogP contribution in [-0.2, 0) is 14.3 Å². The quantitative estimate of drug-likeness (QED) is 0.265. The molecular weight excluding hydrogens is 520 g/mol. The Morgan fingerprint density at radius 1 is 0.878 bits per heavy atom. The van der Waals surface area contributed by atoms with E-state index in [4.69, 9.17) is 18.9 Å². The van der Waals surface area contributed by atoms with Crippen LogP contribution in [0.2, 0.25) is 0 Å². The van der Waals surface area contributed by atoms with E-state index in [0.29, 0.717) is 43.7 Å². The van der Waals surface area contributed by atoms with Gasteiger partial charge in [0, 0.05) is 37.0 Å². The maximum Gasteiger partial charge on any atom is 0.230 e. The first kappa shape index (κ1) is 27.7. The predicted octanol–water partition coefficient (Wildman–Crippen LogP) is 5.89. The number of aryl methyl sites for hydroxylation is 1. The second-order valence-corrected chi connectivity index (χ2v) is 12.0. The fraction of sp³-hybridized carbons (Fsp3) is 0.531. The highest BCUT2D eigenvalue weighted by molar-refractivity contribution is 5.96. The van der Waals surface area contributed by atoms with E-state index >= 15 is 0 Å². The van der Waals surface area contributed by atoms with Gasteiger partial charge in [-0.15, -0.1) is 0 Å². The van der Waals surface area contributed by atoms with Crippen molar-refractivity contribution in [3.8, 4) is 11.5 Å². The Morgan fingerprint density at radius 2 is 1.51 bits per heavy atom. The Hall–Kier alpha value is -3.43. The molecule has 2 aromatic carbocycles. The first-order valence-corrected chi connectivity index (χ1v) is 14.7. The second kappa shape index (κ2) is 11.8. The summed E-state index contributed by atoms with van der Waals surface area (Å²) < 4.78 is 22.2. The maximum atomic E-state index is 13.6. The molecule has 1 aromatic heterocycles. The lowest BCUT2D eigenvalue weighted by molar-refractivity contribution is -0.140. The van der Waals surface area contributed by atoms with Crippen molar-refractivity contribution in [3.05, 3.63) is 42.2 Å². The molecule has 0 unspecified atom stereocenters. The highest BCUT2D eigenvalue weighted by Gasteiger charge is 2.54. The molecule has 218 valence electrons. The van der Waals surface area contributed by atoms with Crippen LogP contribution in [-0.4, -0.2) is 56.5 Å². The third-order valence-corrected chi connectivity index (χ3v) is 9.05. The number of hydrogen-bond acceptors (Lipinski definition) is 8. The summed E-state index contributed by atoms with van der Waals surface area (Å²) in [6, 6.07) is 9.75. The molecular formula is C32H40N4O5. The topological polar surface area (TPSA) is 104 Å². The second-order valence-electron chi connectivity index (χ2n) is 12.0. The summed E-state index contributed by atoms with van der Waals surface area (Å²) in [5, 5.41) is 7.55. The number of fused-ring (bicyclic) bond motifs is 1. The molecule has 1 amide bonds. The van der Waals surface area contributed by atoms with Crippen LogP contribution in [0, 0.1) is 30.1 Å². The van der Waals surface area contributed by atoms with Gasteiger partial charge in [0.05, 0.1) is 24.1 Å². The molecule has 0 radical (unpaired) electrons. The highest BCUT2D eigenvalue weighted by Crippen LogP contribution is 2.60. The summed E-state index contributed by atoms with van der Waals surface area (Å²) >= 11 is 0. The zero-order chi connectivity index (χ0) is 28.4. The van der Waals surface area contributed by atoms with E-state index in [1.807, 2.05) is 37.3 Å². The van der Waals surface area contributed by atoms with Crippen LogP contribution in [0.3, 0.4) is 0 Å². The number of nitrogens with one attached hydrogen (secondary N) is 2. The van der Waals surface area contributed by atoms with Crippen molar-refractivity contribution in [2.24, 2.45) is 23.2 Å². The van der Waals surface area contributed by atoms with Gasteiger partial charge in [-0.05, 0) is 93.0 Å². The molecule has 4 aliphatic carbocycles. The van der Waals surface area contributed by atoms with Gasteiger partial charge in [0.2, 0.25) is 5.91 Å². The molecule has 41 heavy (non-hydrogen) atoms. The SMILES string of the molecule is COCCOc1cc2ncnc(Nc3ccc(NC(=O)C45CC6CC(CC(C6)C4)C5)cc3C)c2cc1OCCOC. The monoisotopic (exact) mass is 560 g/mol. The van der Waals surface area contributed by atoms with E-state index in [1.54, 1.807) is 14.2 Å². The number of amides is 1. The van der Waals surface area contributed by atoms with Crippen molar-refractivity contribution in [1.29, 1.82) is 0 Å².